The van der Waals surface area contributed by atoms with E-state index < -0.39 is 17.6 Å². The number of halogens is 3. The number of hydrogen-bond acceptors (Lipinski definition) is 7. The molecule has 0 bridgehead atoms. The SMILES string of the molecule is C[C@@H]1CN(Cc2ccc(C(=O)N[C@H]3[C@H]4Oc5ccc(Oc6ccnc7c6CCC(=O)N7)cc5[C@@H]34)cc2C(F)(F)F)C[C@H](C)O1. The van der Waals surface area contributed by atoms with Crippen LogP contribution in [0.25, 0.3) is 0 Å². The molecule has 2 N–H and O–H groups in total. The van der Waals surface area contributed by atoms with Crippen molar-refractivity contribution in [3.05, 3.63) is 76.5 Å². The van der Waals surface area contributed by atoms with Crippen molar-refractivity contribution in [3.63, 3.8) is 0 Å². The van der Waals surface area contributed by atoms with E-state index in [9.17, 15) is 22.8 Å². The number of carbonyl (C=O) groups is 2. The minimum Gasteiger partial charge on any atom is -0.487 e. The van der Waals surface area contributed by atoms with Crippen molar-refractivity contribution in [2.24, 2.45) is 0 Å². The molecule has 9 nitrogen and oxygen atoms in total. The zero-order chi connectivity index (χ0) is 30.7. The highest BCUT2D eigenvalue weighted by atomic mass is 19.4. The standard InChI is InChI=1S/C32H31F3N4O5/c1-16-13-39(14-17(2)42-16)15-19-4-3-18(11-23(19)32(33,34)35)31(41)38-28-27-22-12-20(5-7-24(22)44-29(27)28)43-25-9-10-36-30-21(25)6-8-26(40)37-30/h3-5,7,9-12,16-17,27-29H,6,8,13-15H2,1-2H3,(H,38,41)(H,36,37,40)/t16-,17+,27-,28+,29-/m0/s1. The largest absolute Gasteiger partial charge is 0.487 e. The van der Waals surface area contributed by atoms with Crippen molar-refractivity contribution in [1.29, 1.82) is 0 Å². The van der Waals surface area contributed by atoms with E-state index in [1.807, 2.05) is 24.8 Å². The number of rotatable bonds is 6. The van der Waals surface area contributed by atoms with Gasteiger partial charge in [-0.15, -0.1) is 0 Å². The molecule has 2 aromatic carbocycles. The van der Waals surface area contributed by atoms with Gasteiger partial charge >= 0.3 is 6.18 Å². The highest BCUT2D eigenvalue weighted by Gasteiger charge is 2.59. The number of carbonyl (C=O) groups excluding carboxylic acids is 2. The summed E-state index contributed by atoms with van der Waals surface area (Å²) in [5.41, 5.74) is 0.933. The second-order valence-electron chi connectivity index (χ2n) is 11.9. The topological polar surface area (TPSA) is 102 Å². The number of fused-ring (bicyclic) bond motifs is 4. The van der Waals surface area contributed by atoms with Crippen molar-refractivity contribution in [3.8, 4) is 17.2 Å². The predicted molar refractivity (Wildman–Crippen MR) is 153 cm³/mol. The third-order valence-corrected chi connectivity index (χ3v) is 8.52. The van der Waals surface area contributed by atoms with Gasteiger partial charge in [-0.05, 0) is 62.2 Å². The maximum absolute atomic E-state index is 14.1. The highest BCUT2D eigenvalue weighted by molar-refractivity contribution is 5.95. The molecular weight excluding hydrogens is 577 g/mol. The van der Waals surface area contributed by atoms with Gasteiger partial charge in [0.1, 0.15) is 29.2 Å². The molecule has 1 saturated heterocycles. The van der Waals surface area contributed by atoms with Crippen LogP contribution < -0.4 is 20.1 Å². The van der Waals surface area contributed by atoms with E-state index in [2.05, 4.69) is 15.6 Å². The zero-order valence-electron chi connectivity index (χ0n) is 24.1. The molecule has 12 heteroatoms. The maximum atomic E-state index is 14.1. The fraction of sp³-hybridized carbons (Fsp3) is 0.406. The number of benzene rings is 2. The molecule has 4 aliphatic rings. The van der Waals surface area contributed by atoms with Crippen LogP contribution in [-0.2, 0) is 28.7 Å². The lowest BCUT2D eigenvalue weighted by molar-refractivity contribution is -0.138. The molecule has 1 aliphatic carbocycles. The molecule has 44 heavy (non-hydrogen) atoms. The van der Waals surface area contributed by atoms with E-state index in [0.717, 1.165) is 17.2 Å². The first-order valence-electron chi connectivity index (χ1n) is 14.7. The van der Waals surface area contributed by atoms with Gasteiger partial charge in [-0.25, -0.2) is 4.98 Å². The molecule has 4 heterocycles. The summed E-state index contributed by atoms with van der Waals surface area (Å²) in [6.07, 6.45) is -2.63. The Balaban J connectivity index is 1.04. The molecule has 0 unspecified atom stereocenters. The van der Waals surface area contributed by atoms with E-state index in [1.54, 1.807) is 24.4 Å². The van der Waals surface area contributed by atoms with Crippen LogP contribution in [0.15, 0.2) is 48.7 Å². The number of hydrogen-bond donors (Lipinski definition) is 2. The fourth-order valence-electron chi connectivity index (χ4n) is 6.56. The van der Waals surface area contributed by atoms with Crippen molar-refractivity contribution >= 4 is 17.6 Å². The van der Waals surface area contributed by atoms with Crippen molar-refractivity contribution in [2.45, 2.75) is 69.7 Å². The number of aromatic nitrogens is 1. The summed E-state index contributed by atoms with van der Waals surface area (Å²) in [7, 11) is 0. The summed E-state index contributed by atoms with van der Waals surface area (Å²) in [5.74, 6) is 1.50. The summed E-state index contributed by atoms with van der Waals surface area (Å²) in [4.78, 5) is 31.1. The number of pyridine rings is 1. The average molecular weight is 609 g/mol. The van der Waals surface area contributed by atoms with Gasteiger partial charge in [-0.2, -0.15) is 13.2 Å². The van der Waals surface area contributed by atoms with Crippen LogP contribution in [0, 0.1) is 0 Å². The molecule has 1 saturated carbocycles. The van der Waals surface area contributed by atoms with E-state index in [0.29, 0.717) is 49.0 Å². The molecular formula is C32H31F3N4O5. The van der Waals surface area contributed by atoms with Crippen LogP contribution in [0.3, 0.4) is 0 Å². The van der Waals surface area contributed by atoms with Crippen molar-refractivity contribution < 1.29 is 37.0 Å². The number of anilines is 1. The Kier molecular flexibility index (Phi) is 7.00. The zero-order valence-corrected chi connectivity index (χ0v) is 24.1. The van der Waals surface area contributed by atoms with E-state index in [-0.39, 0.29) is 53.9 Å². The predicted octanol–water partition coefficient (Wildman–Crippen LogP) is 5.04. The third-order valence-electron chi connectivity index (χ3n) is 8.52. The molecule has 1 aromatic heterocycles. The highest BCUT2D eigenvalue weighted by Crippen LogP contribution is 2.54. The Morgan fingerprint density at radius 3 is 2.68 bits per heavy atom. The van der Waals surface area contributed by atoms with Gasteiger partial charge in [0.05, 0.1) is 29.7 Å². The van der Waals surface area contributed by atoms with Gasteiger partial charge in [-0.1, -0.05) is 6.07 Å². The van der Waals surface area contributed by atoms with Crippen LogP contribution in [0.5, 0.6) is 17.2 Å². The Labute approximate surface area is 251 Å². The summed E-state index contributed by atoms with van der Waals surface area (Å²) in [6, 6.07) is 10.6. The minimum atomic E-state index is -4.61. The quantitative estimate of drug-likeness (QED) is 0.404. The molecule has 2 amide bonds. The lowest BCUT2D eigenvalue weighted by atomic mass is 10.0. The average Bonchev–Trinajstić information content (AvgIpc) is 3.48. The molecule has 3 aliphatic heterocycles. The van der Waals surface area contributed by atoms with Crippen LogP contribution in [0.1, 0.15) is 58.8 Å². The Morgan fingerprint density at radius 2 is 1.91 bits per heavy atom. The van der Waals surface area contributed by atoms with E-state index in [1.165, 1.54) is 12.1 Å². The second-order valence-corrected chi connectivity index (χ2v) is 11.9. The Bertz CT molecular complexity index is 1640. The first kappa shape index (κ1) is 28.6. The number of nitrogens with zero attached hydrogens (tertiary/aromatic N) is 2. The molecule has 3 aromatic rings. The number of alkyl halides is 3. The number of nitrogens with one attached hydrogen (secondary N) is 2. The fourth-order valence-corrected chi connectivity index (χ4v) is 6.56. The van der Waals surface area contributed by atoms with Crippen molar-refractivity contribution in [2.75, 3.05) is 18.4 Å². The summed E-state index contributed by atoms with van der Waals surface area (Å²) in [5, 5.41) is 5.63. The van der Waals surface area contributed by atoms with Gasteiger partial charge in [0.15, 0.2) is 0 Å². The van der Waals surface area contributed by atoms with Crippen LogP contribution in [-0.4, -0.2) is 59.1 Å². The normalized spacial score (nSPS) is 25.7. The van der Waals surface area contributed by atoms with E-state index in [4.69, 9.17) is 14.2 Å². The smallest absolute Gasteiger partial charge is 0.416 e. The molecule has 2 fully saturated rings. The summed E-state index contributed by atoms with van der Waals surface area (Å²) >= 11 is 0. The maximum Gasteiger partial charge on any atom is 0.416 e. The molecule has 0 radical (unpaired) electrons. The van der Waals surface area contributed by atoms with Crippen LogP contribution in [0.4, 0.5) is 19.0 Å². The summed E-state index contributed by atoms with van der Waals surface area (Å²) < 4.78 is 60.2. The Hall–Kier alpha value is -4.16. The summed E-state index contributed by atoms with van der Waals surface area (Å²) in [6.45, 7) is 4.99. The third kappa shape index (κ3) is 5.48. The van der Waals surface area contributed by atoms with Gasteiger partial charge in [-0.3, -0.25) is 14.5 Å². The molecule has 5 atom stereocenters. The first-order valence-corrected chi connectivity index (χ1v) is 14.7. The Morgan fingerprint density at radius 1 is 1.11 bits per heavy atom. The monoisotopic (exact) mass is 608 g/mol. The van der Waals surface area contributed by atoms with Gasteiger partial charge < -0.3 is 24.8 Å². The van der Waals surface area contributed by atoms with E-state index >= 15 is 0 Å². The van der Waals surface area contributed by atoms with Gasteiger partial charge in [0, 0.05) is 48.9 Å². The molecule has 0 spiro atoms. The number of ether oxygens (including phenoxy) is 3. The van der Waals surface area contributed by atoms with Crippen LogP contribution in [0.2, 0.25) is 0 Å². The molecule has 230 valence electrons. The number of morpholine rings is 1. The lowest BCUT2D eigenvalue weighted by Gasteiger charge is -2.35. The number of amides is 2. The van der Waals surface area contributed by atoms with Crippen molar-refractivity contribution in [1.82, 2.24) is 15.2 Å². The second kappa shape index (κ2) is 10.8. The van der Waals surface area contributed by atoms with Gasteiger partial charge in [0.25, 0.3) is 5.91 Å². The first-order chi connectivity index (χ1) is 21.0. The minimum absolute atomic E-state index is 0.0541. The van der Waals surface area contributed by atoms with Crippen LogP contribution >= 0.6 is 0 Å². The lowest BCUT2D eigenvalue weighted by Crippen LogP contribution is -2.45. The van der Waals surface area contributed by atoms with Gasteiger partial charge in [0.2, 0.25) is 5.91 Å². The molecule has 7 rings (SSSR count).